The van der Waals surface area contributed by atoms with Crippen molar-refractivity contribution in [2.75, 3.05) is 13.1 Å². The van der Waals surface area contributed by atoms with Crippen molar-refractivity contribution in [3.63, 3.8) is 0 Å². The van der Waals surface area contributed by atoms with Gasteiger partial charge in [-0.2, -0.15) is 0 Å². The van der Waals surface area contributed by atoms with Gasteiger partial charge in [-0.15, -0.1) is 0 Å². The lowest BCUT2D eigenvalue weighted by Crippen LogP contribution is -2.43. The summed E-state index contributed by atoms with van der Waals surface area (Å²) < 4.78 is 27.4. The number of oxime groups is 1. The first-order valence-corrected chi connectivity index (χ1v) is 8.81. The zero-order valence-corrected chi connectivity index (χ0v) is 15.0. The van der Waals surface area contributed by atoms with E-state index in [1.807, 2.05) is 6.92 Å². The van der Waals surface area contributed by atoms with E-state index in [4.69, 9.17) is 4.84 Å². The summed E-state index contributed by atoms with van der Waals surface area (Å²) in [6.45, 7) is 2.63. The van der Waals surface area contributed by atoms with E-state index in [-0.39, 0.29) is 36.9 Å². The van der Waals surface area contributed by atoms with E-state index in [0.29, 0.717) is 29.8 Å². The van der Waals surface area contributed by atoms with Gasteiger partial charge in [0, 0.05) is 24.1 Å². The fourth-order valence-corrected chi connectivity index (χ4v) is 2.93. The molecule has 2 amide bonds. The van der Waals surface area contributed by atoms with Crippen LogP contribution in [-0.2, 0) is 11.4 Å². The van der Waals surface area contributed by atoms with Crippen LogP contribution in [0.2, 0.25) is 0 Å². The predicted octanol–water partition coefficient (Wildman–Crippen LogP) is 3.69. The highest BCUT2D eigenvalue weighted by Gasteiger charge is 2.27. The second-order valence-electron chi connectivity index (χ2n) is 6.29. The monoisotopic (exact) mass is 373 g/mol. The topological polar surface area (TPSA) is 53.9 Å². The lowest BCUT2D eigenvalue weighted by atomic mass is 10.0. The second-order valence-corrected chi connectivity index (χ2v) is 6.29. The Morgan fingerprint density at radius 2 is 2.07 bits per heavy atom. The van der Waals surface area contributed by atoms with Crippen LogP contribution in [-0.4, -0.2) is 35.8 Å². The second kappa shape index (κ2) is 8.62. The van der Waals surface area contributed by atoms with E-state index < -0.39 is 0 Å². The van der Waals surface area contributed by atoms with Gasteiger partial charge in [0.15, 0.2) is 6.10 Å². The molecule has 1 N–H and O–H groups in total. The van der Waals surface area contributed by atoms with Gasteiger partial charge in [-0.25, -0.2) is 13.6 Å². The molecule has 0 bridgehead atoms. The molecule has 27 heavy (non-hydrogen) atoms. The molecule has 1 heterocycles. The minimum absolute atomic E-state index is 0.119. The first kappa shape index (κ1) is 18.8. The van der Waals surface area contributed by atoms with Gasteiger partial charge in [0.1, 0.15) is 11.6 Å². The number of carbonyl (C=O) groups is 1. The number of nitrogens with zero attached hydrogens (tertiary/aromatic N) is 2. The molecule has 2 aromatic rings. The van der Waals surface area contributed by atoms with Crippen molar-refractivity contribution >= 4 is 11.7 Å². The third kappa shape index (κ3) is 4.81. The molecular weight excluding hydrogens is 352 g/mol. The molecule has 0 aliphatic carbocycles. The van der Waals surface area contributed by atoms with Crippen LogP contribution in [0.4, 0.5) is 13.6 Å². The lowest BCUT2D eigenvalue weighted by Gasteiger charge is -2.25. The highest BCUT2D eigenvalue weighted by molar-refractivity contribution is 6.01. The first-order chi connectivity index (χ1) is 13.1. The number of urea groups is 1. The van der Waals surface area contributed by atoms with E-state index in [2.05, 4.69) is 10.5 Å². The zero-order chi connectivity index (χ0) is 19.2. The number of carbonyl (C=O) groups excluding carboxylic acids is 1. The number of hydrogen-bond acceptors (Lipinski definition) is 3. The highest BCUT2D eigenvalue weighted by atomic mass is 19.1. The summed E-state index contributed by atoms with van der Waals surface area (Å²) >= 11 is 0. The zero-order valence-electron chi connectivity index (χ0n) is 15.0. The maximum absolute atomic E-state index is 14.0. The minimum Gasteiger partial charge on any atom is -0.390 e. The Bertz CT molecular complexity index is 841. The minimum atomic E-state index is -0.377. The van der Waals surface area contributed by atoms with Crippen LogP contribution >= 0.6 is 0 Å². The van der Waals surface area contributed by atoms with Gasteiger partial charge in [-0.3, -0.25) is 0 Å². The van der Waals surface area contributed by atoms with Gasteiger partial charge in [-0.1, -0.05) is 35.5 Å². The van der Waals surface area contributed by atoms with Crippen molar-refractivity contribution < 1.29 is 18.4 Å². The number of benzene rings is 2. The van der Waals surface area contributed by atoms with Crippen molar-refractivity contribution in [3.05, 3.63) is 71.3 Å². The van der Waals surface area contributed by atoms with Crippen LogP contribution in [0.15, 0.2) is 53.7 Å². The van der Waals surface area contributed by atoms with Crippen LogP contribution in [0.5, 0.6) is 0 Å². The number of nitrogens with one attached hydrogen (secondary N) is 1. The average molecular weight is 373 g/mol. The molecule has 142 valence electrons. The van der Waals surface area contributed by atoms with Crippen LogP contribution in [0.25, 0.3) is 0 Å². The summed E-state index contributed by atoms with van der Waals surface area (Å²) in [5.74, 6) is -0.710. The molecule has 3 rings (SSSR count). The molecule has 0 saturated carbocycles. The van der Waals surface area contributed by atoms with Gasteiger partial charge >= 0.3 is 6.03 Å². The Kier molecular flexibility index (Phi) is 6.01. The van der Waals surface area contributed by atoms with Crippen molar-refractivity contribution in [1.82, 2.24) is 10.2 Å². The first-order valence-electron chi connectivity index (χ1n) is 8.81. The van der Waals surface area contributed by atoms with Crippen LogP contribution in [0.1, 0.15) is 24.5 Å². The summed E-state index contributed by atoms with van der Waals surface area (Å²) in [5, 5.41) is 6.76. The average Bonchev–Trinajstić information content (AvgIpc) is 3.12. The molecule has 1 aliphatic heterocycles. The van der Waals surface area contributed by atoms with E-state index in [0.717, 1.165) is 0 Å². The molecule has 1 aliphatic rings. The van der Waals surface area contributed by atoms with Crippen molar-refractivity contribution in [1.29, 1.82) is 0 Å². The number of amides is 2. The molecule has 7 heteroatoms. The molecule has 0 fully saturated rings. The Morgan fingerprint density at radius 1 is 1.26 bits per heavy atom. The quantitative estimate of drug-likeness (QED) is 0.840. The largest absolute Gasteiger partial charge is 0.390 e. The summed E-state index contributed by atoms with van der Waals surface area (Å²) in [6.07, 6.45) is 0.0639. The predicted molar refractivity (Wildman–Crippen MR) is 98.3 cm³/mol. The Hall–Kier alpha value is -2.96. The van der Waals surface area contributed by atoms with E-state index >= 15 is 0 Å². The maximum Gasteiger partial charge on any atom is 0.317 e. The van der Waals surface area contributed by atoms with Crippen LogP contribution in [0.3, 0.4) is 0 Å². The van der Waals surface area contributed by atoms with Crippen molar-refractivity contribution in [3.8, 4) is 0 Å². The molecule has 1 atom stereocenters. The lowest BCUT2D eigenvalue weighted by molar-refractivity contribution is 0.0588. The van der Waals surface area contributed by atoms with Gasteiger partial charge in [0.05, 0.1) is 18.8 Å². The number of halogens is 2. The summed E-state index contributed by atoms with van der Waals surface area (Å²) in [5.41, 5.74) is 1.70. The van der Waals surface area contributed by atoms with Gasteiger partial charge in [0.2, 0.25) is 0 Å². The maximum atomic E-state index is 14.0. The standard InChI is InChI=1S/C20H21F2N3O2/c1-2-23-20(26)25(12-15-6-3-4-9-18(15)22)13-17-11-19(24-27-17)14-7-5-8-16(21)10-14/h3-10,17H,2,11-13H2,1H3,(H,23,26)/t17-/m0/s1. The smallest absolute Gasteiger partial charge is 0.317 e. The number of hydrogen-bond donors (Lipinski definition) is 1. The Labute approximate surface area is 156 Å². The van der Waals surface area contributed by atoms with E-state index in [1.54, 1.807) is 30.3 Å². The number of rotatable bonds is 6. The van der Waals surface area contributed by atoms with Gasteiger partial charge in [0.25, 0.3) is 0 Å². The molecule has 2 aromatic carbocycles. The molecule has 0 saturated heterocycles. The molecule has 0 radical (unpaired) electrons. The highest BCUT2D eigenvalue weighted by Crippen LogP contribution is 2.20. The van der Waals surface area contributed by atoms with Gasteiger partial charge in [-0.05, 0) is 25.1 Å². The van der Waals surface area contributed by atoms with Gasteiger partial charge < -0.3 is 15.1 Å². The fraction of sp³-hybridized carbons (Fsp3) is 0.300. The van der Waals surface area contributed by atoms with E-state index in [1.165, 1.54) is 23.1 Å². The van der Waals surface area contributed by atoms with Crippen molar-refractivity contribution in [2.24, 2.45) is 5.16 Å². The summed E-state index contributed by atoms with van der Waals surface area (Å²) in [7, 11) is 0. The third-order valence-corrected chi connectivity index (χ3v) is 4.25. The summed E-state index contributed by atoms with van der Waals surface area (Å²) in [6, 6.07) is 12.2. The fourth-order valence-electron chi connectivity index (χ4n) is 2.93. The molecule has 5 nitrogen and oxygen atoms in total. The van der Waals surface area contributed by atoms with Crippen LogP contribution < -0.4 is 5.32 Å². The molecule has 0 spiro atoms. The molecule has 0 aromatic heterocycles. The van der Waals surface area contributed by atoms with Crippen LogP contribution in [0, 0.1) is 11.6 Å². The Balaban J connectivity index is 1.68. The molecule has 0 unspecified atom stereocenters. The third-order valence-electron chi connectivity index (χ3n) is 4.25. The summed E-state index contributed by atoms with van der Waals surface area (Å²) in [4.78, 5) is 19.3. The normalized spacial score (nSPS) is 15.8. The molecular formula is C20H21F2N3O2. The van der Waals surface area contributed by atoms with E-state index in [9.17, 15) is 13.6 Å². The Morgan fingerprint density at radius 3 is 2.81 bits per heavy atom. The SMILES string of the molecule is CCNC(=O)N(Cc1ccccc1F)C[C@@H]1CC(c2cccc(F)c2)=NO1. The van der Waals surface area contributed by atoms with Crippen molar-refractivity contribution in [2.45, 2.75) is 26.0 Å².